The number of rotatable bonds is 3. The molecule has 0 saturated heterocycles. The number of aliphatic hydroxyl groups is 1. The van der Waals surface area contributed by atoms with Gasteiger partial charge in [0.15, 0.2) is 4.67 Å². The quantitative estimate of drug-likeness (QED) is 0.830. The van der Waals surface area contributed by atoms with Gasteiger partial charge in [-0.25, -0.2) is 0 Å². The van der Waals surface area contributed by atoms with Crippen molar-refractivity contribution >= 4 is 15.9 Å². The highest BCUT2D eigenvalue weighted by Gasteiger charge is 2.15. The predicted octanol–water partition coefficient (Wildman–Crippen LogP) is 1.39. The molecule has 3 N–H and O–H groups in total. The first-order valence-electron chi connectivity index (χ1n) is 3.75. The number of halogens is 1. The van der Waals surface area contributed by atoms with Crippen molar-refractivity contribution in [3.63, 3.8) is 0 Å². The van der Waals surface area contributed by atoms with Gasteiger partial charge >= 0.3 is 0 Å². The molecule has 1 rings (SSSR count). The SMILES string of the molecule is Cc1cc(Br)oc1C(CN)CO. The Hall–Kier alpha value is -0.320. The predicted molar refractivity (Wildman–Crippen MR) is 50.0 cm³/mol. The minimum absolute atomic E-state index is 0.0251. The lowest BCUT2D eigenvalue weighted by atomic mass is 10.1. The normalized spacial score (nSPS) is 13.3. The van der Waals surface area contributed by atoms with Crippen molar-refractivity contribution in [2.45, 2.75) is 12.8 Å². The first-order chi connectivity index (χ1) is 5.69. The summed E-state index contributed by atoms with van der Waals surface area (Å²) in [5.41, 5.74) is 6.48. The van der Waals surface area contributed by atoms with E-state index in [1.807, 2.05) is 13.0 Å². The van der Waals surface area contributed by atoms with Crippen LogP contribution in [0.15, 0.2) is 15.2 Å². The topological polar surface area (TPSA) is 59.4 Å². The molecule has 0 bridgehead atoms. The number of aryl methyl sites for hydroxylation is 1. The first-order valence-corrected chi connectivity index (χ1v) is 4.55. The van der Waals surface area contributed by atoms with Gasteiger partial charge in [0.1, 0.15) is 5.76 Å². The van der Waals surface area contributed by atoms with E-state index in [-0.39, 0.29) is 12.5 Å². The summed E-state index contributed by atoms with van der Waals surface area (Å²) in [7, 11) is 0. The molecule has 12 heavy (non-hydrogen) atoms. The van der Waals surface area contributed by atoms with Crippen LogP contribution < -0.4 is 5.73 Å². The van der Waals surface area contributed by atoms with E-state index in [1.165, 1.54) is 0 Å². The number of aliphatic hydroxyl groups excluding tert-OH is 1. The third-order valence-corrected chi connectivity index (χ3v) is 2.19. The van der Waals surface area contributed by atoms with Crippen LogP contribution in [0, 0.1) is 6.92 Å². The molecule has 1 unspecified atom stereocenters. The van der Waals surface area contributed by atoms with E-state index < -0.39 is 0 Å². The van der Waals surface area contributed by atoms with E-state index in [2.05, 4.69) is 15.9 Å². The average Bonchev–Trinajstić information content (AvgIpc) is 2.34. The lowest BCUT2D eigenvalue weighted by Crippen LogP contribution is -2.16. The van der Waals surface area contributed by atoms with Crippen LogP contribution in [-0.4, -0.2) is 18.3 Å². The molecule has 1 atom stereocenters. The van der Waals surface area contributed by atoms with Gasteiger partial charge in [-0.1, -0.05) is 0 Å². The fraction of sp³-hybridized carbons (Fsp3) is 0.500. The van der Waals surface area contributed by atoms with Gasteiger partial charge < -0.3 is 15.3 Å². The van der Waals surface area contributed by atoms with Crippen LogP contribution in [0.25, 0.3) is 0 Å². The Morgan fingerprint density at radius 3 is 2.75 bits per heavy atom. The molecule has 0 fully saturated rings. The largest absolute Gasteiger partial charge is 0.454 e. The summed E-state index contributed by atoms with van der Waals surface area (Å²) in [6.07, 6.45) is 0. The van der Waals surface area contributed by atoms with E-state index in [0.717, 1.165) is 11.3 Å². The zero-order valence-electron chi connectivity index (χ0n) is 6.88. The molecular weight excluding hydrogens is 222 g/mol. The Morgan fingerprint density at radius 2 is 2.42 bits per heavy atom. The molecule has 1 aromatic heterocycles. The van der Waals surface area contributed by atoms with E-state index in [9.17, 15) is 0 Å². The maximum Gasteiger partial charge on any atom is 0.169 e. The minimum Gasteiger partial charge on any atom is -0.454 e. The molecule has 4 heteroatoms. The summed E-state index contributed by atoms with van der Waals surface area (Å²) < 4.78 is 6.02. The highest BCUT2D eigenvalue weighted by molar-refractivity contribution is 9.10. The van der Waals surface area contributed by atoms with Crippen molar-refractivity contribution in [3.8, 4) is 0 Å². The van der Waals surface area contributed by atoms with Gasteiger partial charge in [0.05, 0.1) is 12.5 Å². The van der Waals surface area contributed by atoms with Crippen LogP contribution in [0.4, 0.5) is 0 Å². The molecule has 0 saturated carbocycles. The average molecular weight is 234 g/mol. The van der Waals surface area contributed by atoms with Gasteiger partial charge in [-0.2, -0.15) is 0 Å². The lowest BCUT2D eigenvalue weighted by Gasteiger charge is -2.08. The van der Waals surface area contributed by atoms with Crippen molar-refractivity contribution in [1.29, 1.82) is 0 Å². The van der Waals surface area contributed by atoms with Gasteiger partial charge in [0.2, 0.25) is 0 Å². The van der Waals surface area contributed by atoms with Crippen molar-refractivity contribution in [2.75, 3.05) is 13.2 Å². The van der Waals surface area contributed by atoms with Crippen molar-refractivity contribution in [1.82, 2.24) is 0 Å². The number of furan rings is 1. The molecule has 0 aliphatic rings. The van der Waals surface area contributed by atoms with Gasteiger partial charge in [0, 0.05) is 6.54 Å². The zero-order chi connectivity index (χ0) is 9.14. The molecule has 0 amide bonds. The second kappa shape index (κ2) is 4.07. The van der Waals surface area contributed by atoms with E-state index in [4.69, 9.17) is 15.3 Å². The standard InChI is InChI=1S/C8H12BrNO2/c1-5-2-7(9)12-8(5)6(3-10)4-11/h2,6,11H,3-4,10H2,1H3. The lowest BCUT2D eigenvalue weighted by molar-refractivity contribution is 0.250. The van der Waals surface area contributed by atoms with Crippen molar-refractivity contribution in [2.24, 2.45) is 5.73 Å². The van der Waals surface area contributed by atoms with Crippen molar-refractivity contribution < 1.29 is 9.52 Å². The maximum atomic E-state index is 8.96. The molecular formula is C8H12BrNO2. The summed E-state index contributed by atoms with van der Waals surface area (Å²) in [5, 5.41) is 8.96. The molecule has 0 aromatic carbocycles. The second-order valence-corrected chi connectivity index (χ2v) is 3.49. The summed E-state index contributed by atoms with van der Waals surface area (Å²) in [4.78, 5) is 0. The molecule has 1 heterocycles. The second-order valence-electron chi connectivity index (χ2n) is 2.71. The minimum atomic E-state index is -0.0868. The summed E-state index contributed by atoms with van der Waals surface area (Å²) >= 11 is 3.22. The van der Waals surface area contributed by atoms with Crippen LogP contribution in [0.3, 0.4) is 0 Å². The van der Waals surface area contributed by atoms with Gasteiger partial charge in [-0.3, -0.25) is 0 Å². The third-order valence-electron chi connectivity index (χ3n) is 1.80. The van der Waals surface area contributed by atoms with E-state index >= 15 is 0 Å². The van der Waals surface area contributed by atoms with Crippen LogP contribution in [0.1, 0.15) is 17.2 Å². The molecule has 1 aromatic rings. The molecule has 3 nitrogen and oxygen atoms in total. The fourth-order valence-electron chi connectivity index (χ4n) is 1.13. The molecule has 0 aliphatic carbocycles. The molecule has 0 aliphatic heterocycles. The van der Waals surface area contributed by atoms with Crippen LogP contribution >= 0.6 is 15.9 Å². The van der Waals surface area contributed by atoms with Gasteiger partial charge in [0.25, 0.3) is 0 Å². The Morgan fingerprint density at radius 1 is 1.75 bits per heavy atom. The van der Waals surface area contributed by atoms with Crippen molar-refractivity contribution in [3.05, 3.63) is 22.1 Å². The summed E-state index contributed by atoms with van der Waals surface area (Å²) in [6.45, 7) is 2.36. The molecule has 68 valence electrons. The summed E-state index contributed by atoms with van der Waals surface area (Å²) in [5.74, 6) is 0.683. The highest BCUT2D eigenvalue weighted by Crippen LogP contribution is 2.25. The van der Waals surface area contributed by atoms with Crippen LogP contribution in [-0.2, 0) is 0 Å². The highest BCUT2D eigenvalue weighted by atomic mass is 79.9. The first kappa shape index (κ1) is 9.77. The Kier molecular flexibility index (Phi) is 3.31. The molecule has 0 spiro atoms. The van der Waals surface area contributed by atoms with E-state index in [1.54, 1.807) is 0 Å². The number of hydrogen-bond donors (Lipinski definition) is 2. The number of hydrogen-bond acceptors (Lipinski definition) is 3. The van der Waals surface area contributed by atoms with Gasteiger partial charge in [-0.05, 0) is 34.5 Å². The maximum absolute atomic E-state index is 8.96. The Labute approximate surface area is 79.7 Å². The van der Waals surface area contributed by atoms with Crippen LogP contribution in [0.5, 0.6) is 0 Å². The smallest absolute Gasteiger partial charge is 0.169 e. The van der Waals surface area contributed by atoms with E-state index in [0.29, 0.717) is 11.2 Å². The number of nitrogens with two attached hydrogens (primary N) is 1. The zero-order valence-corrected chi connectivity index (χ0v) is 8.47. The Bertz CT molecular complexity index is 256. The molecule has 0 radical (unpaired) electrons. The monoisotopic (exact) mass is 233 g/mol. The summed E-state index contributed by atoms with van der Waals surface area (Å²) in [6, 6.07) is 1.87. The Balaban J connectivity index is 2.91. The fourth-order valence-corrected chi connectivity index (χ4v) is 1.64. The van der Waals surface area contributed by atoms with Crippen LogP contribution in [0.2, 0.25) is 0 Å². The third kappa shape index (κ3) is 1.88. The van der Waals surface area contributed by atoms with Gasteiger partial charge in [-0.15, -0.1) is 0 Å².